The molecule has 0 aliphatic carbocycles. The molecule has 5 saturated heterocycles. The van der Waals surface area contributed by atoms with E-state index in [0.717, 1.165) is 70.5 Å². The first-order chi connectivity index (χ1) is 20.3. The molecule has 9 nitrogen and oxygen atoms in total. The number of piperidine rings is 2. The standard InChI is InChI=1S/C33H49N5O4/c1-23(2)38-32(41)36(21-24-13-16-42-17-14-24)22-33(38)18-27-9-10-28(19-33)37(27)15-12-29(25-6-4-3-5-7-25)35-31(40)26-8-11-30(39)34-20-26/h3-7,23-24,26-29H,8-22H2,1-2H3,(H,34,39)(H,35,40)/t26?,27?,28?,29-,33?/m0/s1. The van der Waals surface area contributed by atoms with Crippen molar-refractivity contribution in [3.8, 4) is 0 Å². The summed E-state index contributed by atoms with van der Waals surface area (Å²) in [5.74, 6) is 0.430. The van der Waals surface area contributed by atoms with Gasteiger partial charge in [-0.1, -0.05) is 30.3 Å². The number of nitrogens with one attached hydrogen (secondary N) is 2. The van der Waals surface area contributed by atoms with Gasteiger partial charge in [-0.05, 0) is 76.7 Å². The first-order valence-corrected chi connectivity index (χ1v) is 16.4. The van der Waals surface area contributed by atoms with Crippen molar-refractivity contribution < 1.29 is 19.1 Å². The zero-order chi connectivity index (χ0) is 29.3. The van der Waals surface area contributed by atoms with Gasteiger partial charge in [-0.2, -0.15) is 0 Å². The molecule has 5 aliphatic heterocycles. The highest BCUT2D eigenvalue weighted by Gasteiger charge is 2.57. The van der Waals surface area contributed by atoms with Gasteiger partial charge >= 0.3 is 6.03 Å². The number of carbonyl (C=O) groups excluding carboxylic acids is 3. The van der Waals surface area contributed by atoms with Crippen molar-refractivity contribution in [2.24, 2.45) is 11.8 Å². The van der Waals surface area contributed by atoms with Gasteiger partial charge in [0.15, 0.2) is 0 Å². The summed E-state index contributed by atoms with van der Waals surface area (Å²) in [5, 5.41) is 6.19. The van der Waals surface area contributed by atoms with Crippen LogP contribution in [0.4, 0.5) is 4.79 Å². The van der Waals surface area contributed by atoms with E-state index in [1.165, 1.54) is 12.8 Å². The number of hydrogen-bond donors (Lipinski definition) is 2. The van der Waals surface area contributed by atoms with Crippen LogP contribution in [0, 0.1) is 11.8 Å². The molecule has 2 N–H and O–H groups in total. The van der Waals surface area contributed by atoms with Crippen LogP contribution in [-0.4, -0.2) is 95.6 Å². The molecule has 1 aromatic carbocycles. The molecule has 1 aromatic rings. The van der Waals surface area contributed by atoms with Crippen molar-refractivity contribution >= 4 is 17.8 Å². The van der Waals surface area contributed by atoms with Crippen molar-refractivity contribution in [3.63, 3.8) is 0 Å². The van der Waals surface area contributed by atoms with Crippen LogP contribution in [0.3, 0.4) is 0 Å². The molecule has 2 bridgehead atoms. The Bertz CT molecular complexity index is 1100. The van der Waals surface area contributed by atoms with Gasteiger partial charge in [-0.3, -0.25) is 14.5 Å². The maximum atomic E-state index is 13.8. The van der Waals surface area contributed by atoms with Gasteiger partial charge in [0.25, 0.3) is 0 Å². The van der Waals surface area contributed by atoms with Gasteiger partial charge < -0.3 is 25.2 Å². The molecule has 0 saturated carbocycles. The van der Waals surface area contributed by atoms with Gasteiger partial charge in [0.05, 0.1) is 17.5 Å². The summed E-state index contributed by atoms with van der Waals surface area (Å²) in [6.07, 6.45) is 8.37. The Hall–Kier alpha value is -2.65. The molecular weight excluding hydrogens is 530 g/mol. The highest BCUT2D eigenvalue weighted by Crippen LogP contribution is 2.48. The maximum absolute atomic E-state index is 13.8. The van der Waals surface area contributed by atoms with Crippen LogP contribution < -0.4 is 10.6 Å². The molecule has 4 atom stereocenters. The molecule has 9 heteroatoms. The summed E-state index contributed by atoms with van der Waals surface area (Å²) in [6, 6.07) is 11.6. The Balaban J connectivity index is 1.12. The second-order valence-electron chi connectivity index (χ2n) is 13.7. The summed E-state index contributed by atoms with van der Waals surface area (Å²) in [7, 11) is 0. The quantitative estimate of drug-likeness (QED) is 0.466. The Kier molecular flexibility index (Phi) is 8.78. The number of hydrogen-bond acceptors (Lipinski definition) is 5. The second kappa shape index (κ2) is 12.5. The third kappa shape index (κ3) is 6.05. The molecule has 0 aromatic heterocycles. The normalized spacial score (nSPS) is 31.2. The minimum Gasteiger partial charge on any atom is -0.381 e. The van der Waals surface area contributed by atoms with Crippen LogP contribution in [0.15, 0.2) is 30.3 Å². The molecule has 0 radical (unpaired) electrons. The van der Waals surface area contributed by atoms with E-state index in [-0.39, 0.29) is 41.4 Å². The van der Waals surface area contributed by atoms with Crippen molar-refractivity contribution in [1.29, 1.82) is 0 Å². The lowest BCUT2D eigenvalue weighted by Crippen LogP contribution is -2.60. The lowest BCUT2D eigenvalue weighted by atomic mass is 9.81. The highest BCUT2D eigenvalue weighted by atomic mass is 16.5. The number of urea groups is 1. The third-order valence-corrected chi connectivity index (χ3v) is 10.6. The number of amides is 4. The number of fused-ring (bicyclic) bond motifs is 2. The second-order valence-corrected chi connectivity index (χ2v) is 13.7. The van der Waals surface area contributed by atoms with Crippen LogP contribution in [0.25, 0.3) is 0 Å². The van der Waals surface area contributed by atoms with E-state index in [0.29, 0.717) is 37.4 Å². The third-order valence-electron chi connectivity index (χ3n) is 10.6. The number of nitrogens with zero attached hydrogens (tertiary/aromatic N) is 3. The minimum absolute atomic E-state index is 0.0312. The largest absolute Gasteiger partial charge is 0.381 e. The Morgan fingerprint density at radius 1 is 1.05 bits per heavy atom. The molecule has 4 amide bonds. The summed E-state index contributed by atoms with van der Waals surface area (Å²) in [5.41, 5.74) is 1.04. The molecule has 230 valence electrons. The smallest absolute Gasteiger partial charge is 0.320 e. The number of rotatable bonds is 9. The molecule has 5 aliphatic rings. The zero-order valence-electron chi connectivity index (χ0n) is 25.4. The van der Waals surface area contributed by atoms with E-state index < -0.39 is 0 Å². The van der Waals surface area contributed by atoms with Gasteiger partial charge in [0.2, 0.25) is 11.8 Å². The number of benzene rings is 1. The monoisotopic (exact) mass is 579 g/mol. The molecular formula is C33H49N5O4. The van der Waals surface area contributed by atoms with Gasteiger partial charge in [-0.15, -0.1) is 0 Å². The van der Waals surface area contributed by atoms with Crippen LogP contribution in [-0.2, 0) is 14.3 Å². The van der Waals surface area contributed by atoms with E-state index in [2.05, 4.69) is 51.3 Å². The lowest BCUT2D eigenvalue weighted by Gasteiger charge is -2.49. The number of carbonyl (C=O) groups is 3. The Morgan fingerprint density at radius 3 is 2.40 bits per heavy atom. The Labute approximate surface area is 250 Å². The van der Waals surface area contributed by atoms with Gasteiger partial charge in [0, 0.05) is 63.9 Å². The average molecular weight is 580 g/mol. The summed E-state index contributed by atoms with van der Waals surface area (Å²) >= 11 is 0. The predicted molar refractivity (Wildman–Crippen MR) is 161 cm³/mol. The lowest BCUT2D eigenvalue weighted by molar-refractivity contribution is -0.129. The minimum atomic E-state index is -0.175. The number of ether oxygens (including phenoxy) is 1. The summed E-state index contributed by atoms with van der Waals surface area (Å²) in [4.78, 5) is 45.7. The first-order valence-electron chi connectivity index (χ1n) is 16.4. The van der Waals surface area contributed by atoms with Crippen LogP contribution in [0.1, 0.15) is 83.2 Å². The Morgan fingerprint density at radius 2 is 1.76 bits per heavy atom. The van der Waals surface area contributed by atoms with Crippen LogP contribution >= 0.6 is 0 Å². The maximum Gasteiger partial charge on any atom is 0.320 e. The van der Waals surface area contributed by atoms with Crippen molar-refractivity contribution in [2.45, 2.75) is 101 Å². The SMILES string of the molecule is CC(C)N1C(=O)N(CC2CCOCC2)CC12CC1CCC(C2)N1CC[C@H](NC(=O)C1CCC(=O)NC1)c1ccccc1. The molecule has 42 heavy (non-hydrogen) atoms. The van der Waals surface area contributed by atoms with E-state index in [1.807, 2.05) is 18.2 Å². The fraction of sp³-hybridized carbons (Fsp3) is 0.727. The van der Waals surface area contributed by atoms with Crippen molar-refractivity contribution in [3.05, 3.63) is 35.9 Å². The van der Waals surface area contributed by atoms with E-state index in [4.69, 9.17) is 4.74 Å². The van der Waals surface area contributed by atoms with Crippen LogP contribution in [0.2, 0.25) is 0 Å². The van der Waals surface area contributed by atoms with Crippen molar-refractivity contribution in [2.75, 3.05) is 39.4 Å². The first kappa shape index (κ1) is 29.4. The van der Waals surface area contributed by atoms with E-state index in [1.54, 1.807) is 0 Å². The molecule has 5 fully saturated rings. The molecule has 3 unspecified atom stereocenters. The summed E-state index contributed by atoms with van der Waals surface area (Å²) in [6.45, 7) is 9.03. The van der Waals surface area contributed by atoms with Gasteiger partial charge in [-0.25, -0.2) is 4.79 Å². The van der Waals surface area contributed by atoms with Crippen molar-refractivity contribution in [1.82, 2.24) is 25.3 Å². The van der Waals surface area contributed by atoms with Crippen LogP contribution in [0.5, 0.6) is 0 Å². The molecule has 6 rings (SSSR count). The fourth-order valence-corrected chi connectivity index (χ4v) is 8.64. The highest BCUT2D eigenvalue weighted by molar-refractivity contribution is 5.84. The predicted octanol–water partition coefficient (Wildman–Crippen LogP) is 3.70. The molecule has 5 heterocycles. The average Bonchev–Trinajstić information content (AvgIpc) is 3.40. The summed E-state index contributed by atoms with van der Waals surface area (Å²) < 4.78 is 5.57. The molecule has 1 spiro atoms. The van der Waals surface area contributed by atoms with E-state index in [9.17, 15) is 14.4 Å². The zero-order valence-corrected chi connectivity index (χ0v) is 25.4. The fourth-order valence-electron chi connectivity index (χ4n) is 8.64. The topological polar surface area (TPSA) is 94.2 Å². The van der Waals surface area contributed by atoms with Gasteiger partial charge in [0.1, 0.15) is 0 Å². The van der Waals surface area contributed by atoms with E-state index >= 15 is 0 Å².